The molecule has 0 radical (unpaired) electrons. The molecule has 0 N–H and O–H groups in total. The van der Waals surface area contributed by atoms with Gasteiger partial charge < -0.3 is 0 Å². The van der Waals surface area contributed by atoms with Crippen molar-refractivity contribution in [2.24, 2.45) is 0 Å². The summed E-state index contributed by atoms with van der Waals surface area (Å²) in [7, 11) is 0. The summed E-state index contributed by atoms with van der Waals surface area (Å²) in [4.78, 5) is 4.57. The first-order valence-electron chi connectivity index (χ1n) is 6.69. The lowest BCUT2D eigenvalue weighted by Gasteiger charge is -2.11. The van der Waals surface area contributed by atoms with E-state index < -0.39 is 0 Å². The zero-order valence-corrected chi connectivity index (χ0v) is 12.4. The third-order valence-electron chi connectivity index (χ3n) is 3.58. The first kappa shape index (κ1) is 12.6. The van der Waals surface area contributed by atoms with E-state index in [1.807, 2.05) is 12.3 Å². The minimum atomic E-state index is 0.994. The zero-order chi connectivity index (χ0) is 13.1. The summed E-state index contributed by atoms with van der Waals surface area (Å²) in [5.74, 6) is 0. The predicted octanol–water partition coefficient (Wildman–Crippen LogP) is 4.40. The van der Waals surface area contributed by atoms with Crippen LogP contribution in [0, 0.1) is 0 Å². The van der Waals surface area contributed by atoms with Crippen molar-refractivity contribution in [3.8, 4) is 0 Å². The summed E-state index contributed by atoms with van der Waals surface area (Å²) < 4.78 is 0. The number of nitrogens with zero attached hydrogens (tertiary/aromatic N) is 1. The van der Waals surface area contributed by atoms with E-state index in [0.717, 1.165) is 24.6 Å². The fourth-order valence-corrected chi connectivity index (χ4v) is 2.93. The largest absolute Gasteiger partial charge is 0.261 e. The van der Waals surface area contributed by atoms with Crippen LogP contribution in [0.25, 0.3) is 5.57 Å². The van der Waals surface area contributed by atoms with Gasteiger partial charge in [-0.1, -0.05) is 52.3 Å². The van der Waals surface area contributed by atoms with E-state index >= 15 is 0 Å². The Hall–Kier alpha value is -1.41. The lowest BCUT2D eigenvalue weighted by atomic mass is 9.95. The Kier molecular flexibility index (Phi) is 3.79. The number of hydrogen-bond donors (Lipinski definition) is 0. The lowest BCUT2D eigenvalue weighted by molar-refractivity contribution is 0.918. The average molecular weight is 314 g/mol. The molecule has 96 valence electrons. The van der Waals surface area contributed by atoms with E-state index in [4.69, 9.17) is 0 Å². The molecule has 0 amide bonds. The Morgan fingerprint density at radius 2 is 1.89 bits per heavy atom. The highest BCUT2D eigenvalue weighted by atomic mass is 79.9. The smallest absolute Gasteiger partial charge is 0.0485 e. The van der Waals surface area contributed by atoms with Crippen LogP contribution in [0.4, 0.5) is 0 Å². The monoisotopic (exact) mass is 313 g/mol. The number of hydrogen-bond acceptors (Lipinski definition) is 1. The summed E-state index contributed by atoms with van der Waals surface area (Å²) in [5.41, 5.74) is 6.67. The van der Waals surface area contributed by atoms with Crippen molar-refractivity contribution in [3.05, 3.63) is 71.1 Å². The van der Waals surface area contributed by atoms with E-state index in [-0.39, 0.29) is 0 Å². The summed E-state index contributed by atoms with van der Waals surface area (Å²) >= 11 is 3.52. The predicted molar refractivity (Wildman–Crippen MR) is 83.6 cm³/mol. The van der Waals surface area contributed by atoms with Crippen molar-refractivity contribution in [1.82, 2.24) is 4.98 Å². The molecule has 1 aliphatic rings. The maximum atomic E-state index is 4.57. The van der Waals surface area contributed by atoms with Gasteiger partial charge in [-0.05, 0) is 42.0 Å². The molecule has 1 nitrogen and oxygen atoms in total. The van der Waals surface area contributed by atoms with Gasteiger partial charge in [0.05, 0.1) is 0 Å². The highest BCUT2D eigenvalue weighted by Gasteiger charge is 2.17. The summed E-state index contributed by atoms with van der Waals surface area (Å²) in [5, 5.41) is 0.994. The van der Waals surface area contributed by atoms with Crippen molar-refractivity contribution in [2.45, 2.75) is 19.3 Å². The Labute approximate surface area is 122 Å². The van der Waals surface area contributed by atoms with Crippen LogP contribution in [0.15, 0.2) is 48.7 Å². The molecule has 0 unspecified atom stereocenters. The minimum Gasteiger partial charge on any atom is -0.261 e. The quantitative estimate of drug-likeness (QED) is 0.749. The van der Waals surface area contributed by atoms with E-state index in [2.05, 4.69) is 57.3 Å². The Balaban J connectivity index is 2.19. The minimum absolute atomic E-state index is 0.994. The number of rotatable bonds is 2. The second-order valence-corrected chi connectivity index (χ2v) is 5.54. The SMILES string of the molecule is BrCCC=C1c2ccccc2CCc2ncccc21. The molecular weight excluding hydrogens is 298 g/mol. The maximum absolute atomic E-state index is 4.57. The number of fused-ring (bicyclic) bond motifs is 2. The van der Waals surface area contributed by atoms with E-state index in [9.17, 15) is 0 Å². The molecule has 2 aromatic rings. The van der Waals surface area contributed by atoms with Gasteiger partial charge in [0.2, 0.25) is 0 Å². The van der Waals surface area contributed by atoms with Gasteiger partial charge in [0.1, 0.15) is 0 Å². The standard InChI is InChI=1S/C17H16BrN/c18-11-3-7-15-14-6-2-1-5-13(14)9-10-17-16(15)8-4-12-19-17/h1-2,4-8,12H,3,9-11H2. The number of benzene rings is 1. The third kappa shape index (κ3) is 2.50. The summed E-state index contributed by atoms with van der Waals surface area (Å²) in [6.45, 7) is 0. The highest BCUT2D eigenvalue weighted by Crippen LogP contribution is 2.32. The van der Waals surface area contributed by atoms with Crippen molar-refractivity contribution in [2.75, 3.05) is 5.33 Å². The molecule has 19 heavy (non-hydrogen) atoms. The fraction of sp³-hybridized carbons (Fsp3) is 0.235. The molecule has 2 heteroatoms. The molecule has 0 saturated carbocycles. The molecule has 0 atom stereocenters. The van der Waals surface area contributed by atoms with Crippen molar-refractivity contribution < 1.29 is 0 Å². The molecular formula is C17H16BrN. The van der Waals surface area contributed by atoms with E-state index in [0.29, 0.717) is 0 Å². The van der Waals surface area contributed by atoms with Gasteiger partial charge in [-0.2, -0.15) is 0 Å². The fourth-order valence-electron chi connectivity index (χ4n) is 2.70. The van der Waals surface area contributed by atoms with Gasteiger partial charge >= 0.3 is 0 Å². The summed E-state index contributed by atoms with van der Waals surface area (Å²) in [6.07, 6.45) is 7.37. The van der Waals surface area contributed by atoms with Crippen molar-refractivity contribution in [3.63, 3.8) is 0 Å². The summed E-state index contributed by atoms with van der Waals surface area (Å²) in [6, 6.07) is 13.0. The average Bonchev–Trinajstić information content (AvgIpc) is 2.62. The van der Waals surface area contributed by atoms with Gasteiger partial charge in [-0.25, -0.2) is 0 Å². The first-order valence-corrected chi connectivity index (χ1v) is 7.81. The van der Waals surface area contributed by atoms with Gasteiger partial charge in [0.25, 0.3) is 0 Å². The van der Waals surface area contributed by atoms with E-state index in [1.54, 1.807) is 0 Å². The lowest BCUT2D eigenvalue weighted by Crippen LogP contribution is -1.95. The molecule has 1 aromatic carbocycles. The molecule has 1 aromatic heterocycles. The number of aromatic nitrogens is 1. The number of pyridine rings is 1. The Bertz CT molecular complexity index is 567. The number of halogens is 1. The van der Waals surface area contributed by atoms with Crippen LogP contribution in [-0.2, 0) is 12.8 Å². The molecule has 0 spiro atoms. The Morgan fingerprint density at radius 1 is 1.05 bits per heavy atom. The molecule has 0 saturated heterocycles. The van der Waals surface area contributed by atoms with Crippen LogP contribution in [-0.4, -0.2) is 10.3 Å². The molecule has 1 heterocycles. The number of alkyl halides is 1. The molecule has 0 bridgehead atoms. The van der Waals surface area contributed by atoms with Crippen LogP contribution < -0.4 is 0 Å². The van der Waals surface area contributed by atoms with Crippen molar-refractivity contribution >= 4 is 21.5 Å². The number of allylic oxidation sites excluding steroid dienone is 1. The first-order chi connectivity index (χ1) is 9.40. The third-order valence-corrected chi connectivity index (χ3v) is 4.03. The molecule has 3 rings (SSSR count). The van der Waals surface area contributed by atoms with Gasteiger partial charge in [-0.3, -0.25) is 4.98 Å². The highest BCUT2D eigenvalue weighted by molar-refractivity contribution is 9.09. The second-order valence-electron chi connectivity index (χ2n) is 4.75. The van der Waals surface area contributed by atoms with Gasteiger partial charge in [0, 0.05) is 22.8 Å². The molecule has 1 aliphatic carbocycles. The van der Waals surface area contributed by atoms with Gasteiger partial charge in [0.15, 0.2) is 0 Å². The Morgan fingerprint density at radius 3 is 2.79 bits per heavy atom. The van der Waals surface area contributed by atoms with Crippen LogP contribution in [0.2, 0.25) is 0 Å². The van der Waals surface area contributed by atoms with Crippen LogP contribution in [0.5, 0.6) is 0 Å². The number of aryl methyl sites for hydroxylation is 2. The zero-order valence-electron chi connectivity index (χ0n) is 10.8. The van der Waals surface area contributed by atoms with Crippen LogP contribution in [0.3, 0.4) is 0 Å². The maximum Gasteiger partial charge on any atom is 0.0485 e. The van der Waals surface area contributed by atoms with Crippen LogP contribution in [0.1, 0.15) is 28.8 Å². The second kappa shape index (κ2) is 5.70. The van der Waals surface area contributed by atoms with E-state index in [1.165, 1.54) is 28.0 Å². The molecule has 0 fully saturated rings. The molecule has 0 aliphatic heterocycles. The van der Waals surface area contributed by atoms with Crippen molar-refractivity contribution in [1.29, 1.82) is 0 Å². The van der Waals surface area contributed by atoms with Crippen LogP contribution >= 0.6 is 15.9 Å². The van der Waals surface area contributed by atoms with Gasteiger partial charge in [-0.15, -0.1) is 0 Å². The normalized spacial score (nSPS) is 15.7. The topological polar surface area (TPSA) is 12.9 Å².